The zero-order valence-electron chi connectivity index (χ0n) is 19.3. The summed E-state index contributed by atoms with van der Waals surface area (Å²) in [6, 6.07) is 5.74. The van der Waals surface area contributed by atoms with E-state index >= 15 is 0 Å². The van der Waals surface area contributed by atoms with Crippen molar-refractivity contribution < 1.29 is 19.4 Å². The fraction of sp³-hybridized carbons (Fsp3) is 0.520. The van der Waals surface area contributed by atoms with Gasteiger partial charge in [-0.15, -0.1) is 0 Å². The van der Waals surface area contributed by atoms with Crippen LogP contribution in [0.2, 0.25) is 0 Å². The van der Waals surface area contributed by atoms with E-state index in [-0.39, 0.29) is 24.2 Å². The number of hydrogen-bond acceptors (Lipinski definition) is 6. The van der Waals surface area contributed by atoms with Crippen LogP contribution in [0.4, 0.5) is 5.69 Å². The zero-order valence-corrected chi connectivity index (χ0v) is 19.3. The van der Waals surface area contributed by atoms with Crippen molar-refractivity contribution in [3.8, 4) is 16.9 Å². The molecule has 1 amide bonds. The van der Waals surface area contributed by atoms with Crippen molar-refractivity contribution in [2.24, 2.45) is 11.8 Å². The fourth-order valence-corrected chi connectivity index (χ4v) is 4.45. The minimum Gasteiger partial charge on any atom is -0.492 e. The second-order valence-corrected chi connectivity index (χ2v) is 9.13. The summed E-state index contributed by atoms with van der Waals surface area (Å²) in [6.07, 6.45) is 5.55. The third-order valence-corrected chi connectivity index (χ3v) is 6.53. The summed E-state index contributed by atoms with van der Waals surface area (Å²) in [5.74, 6) is 0.498. The Balaban J connectivity index is 1.44. The molecule has 0 atom stereocenters. The van der Waals surface area contributed by atoms with E-state index < -0.39 is 5.97 Å². The molecule has 1 aromatic carbocycles. The number of rotatable bonds is 9. The molecule has 1 aromatic heterocycles. The number of carbonyl (C=O) groups excluding carboxylic acids is 1. The second-order valence-electron chi connectivity index (χ2n) is 9.13. The lowest BCUT2D eigenvalue weighted by Gasteiger charge is -2.31. The van der Waals surface area contributed by atoms with Gasteiger partial charge >= 0.3 is 5.97 Å². The van der Waals surface area contributed by atoms with Crippen molar-refractivity contribution in [1.82, 2.24) is 14.9 Å². The molecule has 2 heterocycles. The Morgan fingerprint density at radius 2 is 1.82 bits per heavy atom. The van der Waals surface area contributed by atoms with Gasteiger partial charge in [0.25, 0.3) is 0 Å². The molecule has 0 unspecified atom stereocenters. The van der Waals surface area contributed by atoms with Gasteiger partial charge in [-0.2, -0.15) is 0 Å². The van der Waals surface area contributed by atoms with Crippen LogP contribution in [0.15, 0.2) is 24.5 Å². The highest BCUT2D eigenvalue weighted by Gasteiger charge is 2.29. The van der Waals surface area contributed by atoms with Crippen LogP contribution in [0.5, 0.6) is 5.75 Å². The number of aryl methyl sites for hydroxylation is 2. The van der Waals surface area contributed by atoms with Gasteiger partial charge in [0.05, 0.1) is 0 Å². The minimum absolute atomic E-state index is 0.0682. The number of piperidine rings is 1. The number of benzene rings is 1. The lowest BCUT2D eigenvalue weighted by atomic mass is 9.94. The number of anilines is 1. The highest BCUT2D eigenvalue weighted by atomic mass is 16.5. The molecule has 0 bridgehead atoms. The van der Waals surface area contributed by atoms with Crippen molar-refractivity contribution >= 4 is 17.6 Å². The molecule has 0 radical (unpaired) electrons. The Morgan fingerprint density at radius 3 is 2.45 bits per heavy atom. The molecule has 0 spiro atoms. The first kappa shape index (κ1) is 23.2. The van der Waals surface area contributed by atoms with Gasteiger partial charge in [0.15, 0.2) is 0 Å². The molecule has 8 nitrogen and oxygen atoms in total. The van der Waals surface area contributed by atoms with E-state index in [0.717, 1.165) is 79.3 Å². The third-order valence-electron chi connectivity index (χ3n) is 6.53. The molecule has 1 saturated heterocycles. The summed E-state index contributed by atoms with van der Waals surface area (Å²) in [6.45, 7) is 6.99. The number of carbonyl (C=O) groups is 2. The lowest BCUT2D eigenvalue weighted by Crippen LogP contribution is -2.37. The first-order valence-electron chi connectivity index (χ1n) is 11.7. The standard InChI is InChI=1S/C25H32N4O4/c1-16-24(17(2)27-15-26-16)21-14-20(28-25(32)19-3-4-19)5-6-22(21)33-12-11-29-9-7-18(8-10-29)13-23(30)31/h5-6,14-15,18-19H,3-4,7-13H2,1-2H3,(H,28,32)(H,30,31). The zero-order chi connectivity index (χ0) is 23.4. The van der Waals surface area contributed by atoms with Gasteiger partial charge < -0.3 is 15.2 Å². The van der Waals surface area contributed by atoms with Crippen LogP contribution in [0.25, 0.3) is 11.1 Å². The van der Waals surface area contributed by atoms with Crippen molar-refractivity contribution in [2.75, 3.05) is 31.6 Å². The predicted octanol–water partition coefficient (Wildman–Crippen LogP) is 3.67. The number of amides is 1. The molecule has 1 aliphatic heterocycles. The molecule has 33 heavy (non-hydrogen) atoms. The number of hydrogen-bond donors (Lipinski definition) is 2. The van der Waals surface area contributed by atoms with Crippen molar-refractivity contribution in [1.29, 1.82) is 0 Å². The number of ether oxygens (including phenoxy) is 1. The topological polar surface area (TPSA) is 105 Å². The second kappa shape index (κ2) is 10.3. The van der Waals surface area contributed by atoms with Gasteiger partial charge in [0, 0.05) is 47.1 Å². The van der Waals surface area contributed by atoms with E-state index in [1.807, 2.05) is 32.0 Å². The van der Waals surface area contributed by atoms with E-state index in [2.05, 4.69) is 20.2 Å². The molecule has 1 saturated carbocycles. The molecule has 1 aliphatic carbocycles. The summed E-state index contributed by atoms with van der Waals surface area (Å²) in [4.78, 5) is 34.2. The largest absolute Gasteiger partial charge is 0.492 e. The van der Waals surface area contributed by atoms with Gasteiger partial charge in [-0.25, -0.2) is 9.97 Å². The van der Waals surface area contributed by atoms with E-state index in [9.17, 15) is 9.59 Å². The predicted molar refractivity (Wildman–Crippen MR) is 125 cm³/mol. The Morgan fingerprint density at radius 1 is 1.12 bits per heavy atom. The van der Waals surface area contributed by atoms with Crippen LogP contribution in [0.1, 0.15) is 43.5 Å². The highest BCUT2D eigenvalue weighted by molar-refractivity contribution is 5.95. The molecule has 4 rings (SSSR count). The molecule has 8 heteroatoms. The SMILES string of the molecule is Cc1ncnc(C)c1-c1cc(NC(=O)C2CC2)ccc1OCCN1CCC(CC(=O)O)CC1. The number of carboxylic acid groups (broad SMARTS) is 1. The summed E-state index contributed by atoms with van der Waals surface area (Å²) >= 11 is 0. The number of aliphatic carboxylic acids is 1. The average Bonchev–Trinajstić information content (AvgIpc) is 3.61. The maximum absolute atomic E-state index is 12.3. The smallest absolute Gasteiger partial charge is 0.303 e. The van der Waals surface area contributed by atoms with E-state index in [0.29, 0.717) is 6.61 Å². The van der Waals surface area contributed by atoms with Crippen molar-refractivity contribution in [3.63, 3.8) is 0 Å². The average molecular weight is 453 g/mol. The maximum atomic E-state index is 12.3. The quantitative estimate of drug-likeness (QED) is 0.598. The van der Waals surface area contributed by atoms with Gasteiger partial charge in [-0.05, 0) is 76.7 Å². The lowest BCUT2D eigenvalue weighted by molar-refractivity contribution is -0.138. The number of likely N-dealkylation sites (tertiary alicyclic amines) is 1. The molecular formula is C25H32N4O4. The molecule has 2 N–H and O–H groups in total. The monoisotopic (exact) mass is 452 g/mol. The van der Waals surface area contributed by atoms with Crippen LogP contribution in [0.3, 0.4) is 0 Å². The summed E-state index contributed by atoms with van der Waals surface area (Å²) in [5, 5.41) is 12.0. The van der Waals surface area contributed by atoms with E-state index in [4.69, 9.17) is 9.84 Å². The molecular weight excluding hydrogens is 420 g/mol. The highest BCUT2D eigenvalue weighted by Crippen LogP contribution is 2.37. The van der Waals surface area contributed by atoms with Crippen LogP contribution >= 0.6 is 0 Å². The van der Waals surface area contributed by atoms with Gasteiger partial charge in [0.1, 0.15) is 18.7 Å². The summed E-state index contributed by atoms with van der Waals surface area (Å²) in [7, 11) is 0. The fourth-order valence-electron chi connectivity index (χ4n) is 4.45. The van der Waals surface area contributed by atoms with E-state index in [1.165, 1.54) is 0 Å². The van der Waals surface area contributed by atoms with Gasteiger partial charge in [0.2, 0.25) is 5.91 Å². The number of nitrogens with zero attached hydrogens (tertiary/aromatic N) is 3. The molecule has 2 fully saturated rings. The third kappa shape index (κ3) is 6.07. The van der Waals surface area contributed by atoms with Crippen molar-refractivity contribution in [2.45, 2.75) is 46.0 Å². The van der Waals surface area contributed by atoms with Gasteiger partial charge in [-0.1, -0.05) is 0 Å². The number of nitrogens with one attached hydrogen (secondary N) is 1. The number of aromatic nitrogens is 2. The molecule has 2 aromatic rings. The van der Waals surface area contributed by atoms with Crippen LogP contribution < -0.4 is 10.1 Å². The molecule has 2 aliphatic rings. The summed E-state index contributed by atoms with van der Waals surface area (Å²) < 4.78 is 6.21. The summed E-state index contributed by atoms with van der Waals surface area (Å²) in [5.41, 5.74) is 4.26. The Labute approximate surface area is 194 Å². The van der Waals surface area contributed by atoms with Crippen LogP contribution in [-0.4, -0.2) is 58.1 Å². The van der Waals surface area contributed by atoms with Crippen molar-refractivity contribution in [3.05, 3.63) is 35.9 Å². The maximum Gasteiger partial charge on any atom is 0.303 e. The van der Waals surface area contributed by atoms with Crippen LogP contribution in [0, 0.1) is 25.7 Å². The Kier molecular flexibility index (Phi) is 7.23. The minimum atomic E-state index is -0.712. The van der Waals surface area contributed by atoms with Gasteiger partial charge in [-0.3, -0.25) is 14.5 Å². The van der Waals surface area contributed by atoms with Crippen LogP contribution in [-0.2, 0) is 9.59 Å². The Hall–Kier alpha value is -3.00. The first-order valence-corrected chi connectivity index (χ1v) is 11.7. The molecule has 176 valence electrons. The van der Waals surface area contributed by atoms with E-state index in [1.54, 1.807) is 6.33 Å². The normalized spacial score (nSPS) is 17.0. The number of carboxylic acids is 1. The Bertz CT molecular complexity index is 993. The first-order chi connectivity index (χ1) is 15.9.